The molecule has 3 atom stereocenters. The molecule has 13 N–H and O–H groups in total. The minimum absolute atomic E-state index is 0.0231. The molecule has 0 saturated carbocycles. The lowest BCUT2D eigenvalue weighted by atomic mass is 10.2. The van der Waals surface area contributed by atoms with Crippen LogP contribution in [0.2, 0.25) is 0 Å². The fourth-order valence-corrected chi connectivity index (χ4v) is 3.02. The molecule has 0 radical (unpaired) electrons. The molecule has 0 aliphatic heterocycles. The highest BCUT2D eigenvalue weighted by molar-refractivity contribution is 8.76. The molecule has 0 unspecified atom stereocenters. The predicted molar refractivity (Wildman–Crippen MR) is 105 cm³/mol. The first-order chi connectivity index (χ1) is 13.3. The maximum atomic E-state index is 10.3. The van der Waals surface area contributed by atoms with Crippen molar-refractivity contribution in [3.63, 3.8) is 0 Å². The van der Waals surface area contributed by atoms with Gasteiger partial charge in [-0.2, -0.15) is 0 Å². The van der Waals surface area contributed by atoms with Gasteiger partial charge in [-0.1, -0.05) is 21.6 Å². The topological polar surface area (TPSA) is 291 Å². The van der Waals surface area contributed by atoms with Gasteiger partial charge in [0.2, 0.25) is 0 Å². The molecule has 0 saturated heterocycles. The van der Waals surface area contributed by atoms with Gasteiger partial charge in [0.1, 0.15) is 18.1 Å². The van der Waals surface area contributed by atoms with Crippen molar-refractivity contribution in [2.75, 3.05) is 18.1 Å². The lowest BCUT2D eigenvalue weighted by Crippen LogP contribution is -2.33. The summed E-state index contributed by atoms with van der Waals surface area (Å²) in [5, 5.41) is 40.7. The van der Waals surface area contributed by atoms with Gasteiger partial charge in [-0.15, -0.1) is 0 Å². The van der Waals surface area contributed by atoms with Gasteiger partial charge in [0.25, 0.3) is 0 Å². The van der Waals surface area contributed by atoms with Crippen LogP contribution in [-0.4, -0.2) is 91.6 Å². The van der Waals surface area contributed by atoms with Crippen molar-refractivity contribution in [1.82, 2.24) is 0 Å². The van der Waals surface area contributed by atoms with Gasteiger partial charge in [0.05, 0.1) is 6.54 Å². The zero-order valence-corrected chi connectivity index (χ0v) is 16.8. The van der Waals surface area contributed by atoms with Gasteiger partial charge in [-0.05, 0) is 6.42 Å². The van der Waals surface area contributed by atoms with Gasteiger partial charge in [-0.25, -0.2) is 0 Å². The van der Waals surface area contributed by atoms with E-state index in [1.165, 1.54) is 21.6 Å². The average Bonchev–Trinajstić information content (AvgIpc) is 2.63. The van der Waals surface area contributed by atoms with E-state index in [2.05, 4.69) is 5.73 Å². The third-order valence-corrected chi connectivity index (χ3v) is 4.85. The number of rotatable bonds is 12. The number of aliphatic carboxylic acids is 5. The first kappa shape index (κ1) is 31.6. The zero-order chi connectivity index (χ0) is 23.6. The molecule has 170 valence electrons. The molecule has 0 aliphatic carbocycles. The third kappa shape index (κ3) is 25.9. The maximum Gasteiger partial charge on any atom is 0.321 e. The average molecular weight is 463 g/mol. The van der Waals surface area contributed by atoms with Crippen molar-refractivity contribution in [2.45, 2.75) is 31.0 Å². The molecule has 0 amide bonds. The molecular formula is C13H26N4O10S2. The fourth-order valence-electron chi connectivity index (χ4n) is 0.788. The Labute approximate surface area is 173 Å². The van der Waals surface area contributed by atoms with Crippen molar-refractivity contribution in [1.29, 1.82) is 0 Å². The van der Waals surface area contributed by atoms with Crippen LogP contribution in [0.15, 0.2) is 0 Å². The standard InChI is InChI=1S/C6H12N2O4S2.C5H9NO4.C2H5NO2/c7-3(5(9)10)1-13-14-2-4(8)6(11)12;6-3(5(9)10)1-2-4(7)8;3-1-2(4)5/h3-4H,1-2,7-8H2,(H,9,10)(H,11,12);3H,1-2,6H2,(H,7,8)(H,9,10);1,3H2,(H,4,5)/t3-,4-;3-;/m00./s1. The van der Waals surface area contributed by atoms with Gasteiger partial charge in [0, 0.05) is 17.9 Å². The Balaban J connectivity index is -0.000000392. The Hall–Kier alpha value is -2.11. The summed E-state index contributed by atoms with van der Waals surface area (Å²) < 4.78 is 0. The lowest BCUT2D eigenvalue weighted by molar-refractivity contribution is -0.140. The second-order valence-corrected chi connectivity index (χ2v) is 7.49. The van der Waals surface area contributed by atoms with E-state index in [1.807, 2.05) is 0 Å². The normalized spacial score (nSPS) is 12.7. The van der Waals surface area contributed by atoms with Crippen LogP contribution in [-0.2, 0) is 24.0 Å². The quantitative estimate of drug-likeness (QED) is 0.107. The highest BCUT2D eigenvalue weighted by Gasteiger charge is 2.14. The molecule has 0 bridgehead atoms. The molecule has 0 aliphatic rings. The number of carbonyl (C=O) groups is 5. The molecule has 29 heavy (non-hydrogen) atoms. The van der Waals surface area contributed by atoms with E-state index in [1.54, 1.807) is 0 Å². The van der Waals surface area contributed by atoms with Crippen LogP contribution >= 0.6 is 21.6 Å². The van der Waals surface area contributed by atoms with E-state index in [0.29, 0.717) is 0 Å². The molecule has 0 heterocycles. The number of nitrogens with two attached hydrogens (primary N) is 4. The van der Waals surface area contributed by atoms with Crippen LogP contribution in [0.4, 0.5) is 0 Å². The van der Waals surface area contributed by atoms with Crippen LogP contribution < -0.4 is 22.9 Å². The van der Waals surface area contributed by atoms with Gasteiger partial charge in [-0.3, -0.25) is 24.0 Å². The summed E-state index contributed by atoms with van der Waals surface area (Å²) >= 11 is 0. The van der Waals surface area contributed by atoms with Gasteiger partial charge in [0.15, 0.2) is 0 Å². The van der Waals surface area contributed by atoms with E-state index in [-0.39, 0.29) is 30.9 Å². The lowest BCUT2D eigenvalue weighted by Gasteiger charge is -2.07. The van der Waals surface area contributed by atoms with E-state index < -0.39 is 48.0 Å². The van der Waals surface area contributed by atoms with Gasteiger partial charge < -0.3 is 48.5 Å². The fraction of sp³-hybridized carbons (Fsp3) is 0.615. The highest BCUT2D eigenvalue weighted by atomic mass is 33.1. The Morgan fingerprint density at radius 2 is 0.966 bits per heavy atom. The van der Waals surface area contributed by atoms with E-state index in [9.17, 15) is 24.0 Å². The summed E-state index contributed by atoms with van der Waals surface area (Å²) in [6.45, 7) is -0.278. The van der Waals surface area contributed by atoms with Crippen LogP contribution in [0.25, 0.3) is 0 Å². The van der Waals surface area contributed by atoms with E-state index in [4.69, 9.17) is 42.7 Å². The number of hydrogen-bond acceptors (Lipinski definition) is 11. The van der Waals surface area contributed by atoms with E-state index >= 15 is 0 Å². The Kier molecular flexibility index (Phi) is 20.9. The number of carboxylic acids is 5. The molecule has 14 nitrogen and oxygen atoms in total. The summed E-state index contributed by atoms with van der Waals surface area (Å²) in [5.41, 5.74) is 20.0. The van der Waals surface area contributed by atoms with Crippen molar-refractivity contribution >= 4 is 51.4 Å². The van der Waals surface area contributed by atoms with Crippen LogP contribution in [0, 0.1) is 0 Å². The Morgan fingerprint density at radius 3 is 1.17 bits per heavy atom. The first-order valence-corrected chi connectivity index (χ1v) is 10.1. The zero-order valence-electron chi connectivity index (χ0n) is 15.2. The van der Waals surface area contributed by atoms with Crippen LogP contribution in [0.5, 0.6) is 0 Å². The molecule has 0 spiro atoms. The third-order valence-electron chi connectivity index (χ3n) is 2.37. The SMILES string of the molecule is NCC(=O)O.N[C@@H](CCC(=O)O)C(=O)O.N[C@@H](CSSC[C@H](N)C(=O)O)C(=O)O. The summed E-state index contributed by atoms with van der Waals surface area (Å²) in [7, 11) is 2.41. The summed E-state index contributed by atoms with van der Waals surface area (Å²) in [6, 6.07) is -2.90. The molecule has 0 aromatic rings. The number of carboxylic acid groups (broad SMARTS) is 5. The summed E-state index contributed by atoms with van der Waals surface area (Å²) in [5.74, 6) is -4.84. The number of hydrogen-bond donors (Lipinski definition) is 9. The Bertz CT molecular complexity index is 516. The van der Waals surface area contributed by atoms with Gasteiger partial charge >= 0.3 is 29.8 Å². The molecular weight excluding hydrogens is 436 g/mol. The predicted octanol–water partition coefficient (Wildman–Crippen LogP) is -2.52. The van der Waals surface area contributed by atoms with Crippen molar-refractivity contribution < 1.29 is 49.5 Å². The Morgan fingerprint density at radius 1 is 0.655 bits per heavy atom. The monoisotopic (exact) mass is 462 g/mol. The van der Waals surface area contributed by atoms with Crippen molar-refractivity contribution in [3.05, 3.63) is 0 Å². The molecule has 0 rings (SSSR count). The minimum Gasteiger partial charge on any atom is -0.481 e. The second-order valence-electron chi connectivity index (χ2n) is 4.93. The summed E-state index contributed by atoms with van der Waals surface area (Å²) in [4.78, 5) is 49.7. The first-order valence-electron chi connectivity index (χ1n) is 7.59. The second kappa shape index (κ2) is 19.2. The minimum atomic E-state index is -1.17. The molecule has 16 heteroatoms. The van der Waals surface area contributed by atoms with Crippen LogP contribution in [0.3, 0.4) is 0 Å². The van der Waals surface area contributed by atoms with Crippen molar-refractivity contribution in [2.24, 2.45) is 22.9 Å². The molecule has 0 fully saturated rings. The largest absolute Gasteiger partial charge is 0.481 e. The molecule has 0 aromatic carbocycles. The van der Waals surface area contributed by atoms with Crippen LogP contribution in [0.1, 0.15) is 12.8 Å². The summed E-state index contributed by atoms with van der Waals surface area (Å²) in [6.07, 6.45) is -0.224. The highest BCUT2D eigenvalue weighted by Crippen LogP contribution is 2.22. The van der Waals surface area contributed by atoms with E-state index in [0.717, 1.165) is 0 Å². The maximum absolute atomic E-state index is 10.3. The smallest absolute Gasteiger partial charge is 0.321 e. The van der Waals surface area contributed by atoms with Crippen molar-refractivity contribution in [3.8, 4) is 0 Å². The molecule has 0 aromatic heterocycles.